The molecule has 1 aliphatic rings. The minimum atomic E-state index is -1.08. The van der Waals surface area contributed by atoms with Crippen LogP contribution in [0.4, 0.5) is 0 Å². The fourth-order valence-electron chi connectivity index (χ4n) is 2.24. The number of aliphatic carboxylic acids is 1. The molecule has 0 aliphatic carbocycles. The lowest BCUT2D eigenvalue weighted by Gasteiger charge is -2.21. The summed E-state index contributed by atoms with van der Waals surface area (Å²) in [6.07, 6.45) is -0.596. The summed E-state index contributed by atoms with van der Waals surface area (Å²) in [5.74, 6) is -0.736. The quantitative estimate of drug-likeness (QED) is 0.819. The van der Waals surface area contributed by atoms with Crippen LogP contribution in [0.1, 0.15) is 12.8 Å². The highest BCUT2D eigenvalue weighted by Gasteiger charge is 2.38. The third-order valence-corrected chi connectivity index (χ3v) is 3.21. The highest BCUT2D eigenvalue weighted by molar-refractivity contribution is 5.84. The third-order valence-electron chi connectivity index (χ3n) is 3.21. The van der Waals surface area contributed by atoms with Crippen molar-refractivity contribution in [2.75, 3.05) is 13.2 Å². The minimum Gasteiger partial charge on any atom is -0.493 e. The molecule has 1 aliphatic heterocycles. The number of rotatable bonds is 5. The summed E-state index contributed by atoms with van der Waals surface area (Å²) in [6, 6.07) is 8.15. The van der Waals surface area contributed by atoms with Gasteiger partial charge in [-0.1, -0.05) is 18.2 Å². The second kappa shape index (κ2) is 6.38. The number of hydrogen-bond donors (Lipinski definition) is 2. The number of nitrogens with zero attached hydrogens (tertiary/aromatic N) is 1. The van der Waals surface area contributed by atoms with Crippen molar-refractivity contribution in [2.24, 2.45) is 0 Å². The van der Waals surface area contributed by atoms with Crippen molar-refractivity contribution in [3.63, 3.8) is 0 Å². The van der Waals surface area contributed by atoms with Crippen LogP contribution in [0.3, 0.4) is 0 Å². The number of carboxylic acids is 1. The average molecular weight is 279 g/mol. The number of carbonyl (C=O) groups is 2. The zero-order valence-corrected chi connectivity index (χ0v) is 10.9. The van der Waals surface area contributed by atoms with E-state index in [1.54, 1.807) is 12.1 Å². The van der Waals surface area contributed by atoms with Crippen LogP contribution in [0.25, 0.3) is 0 Å². The molecule has 1 saturated heterocycles. The van der Waals surface area contributed by atoms with Crippen LogP contribution < -0.4 is 4.74 Å². The molecule has 0 bridgehead atoms. The molecule has 2 N–H and O–H groups in total. The van der Waals surface area contributed by atoms with Crippen LogP contribution in [0.5, 0.6) is 5.75 Å². The molecule has 0 spiro atoms. The van der Waals surface area contributed by atoms with E-state index in [0.29, 0.717) is 5.75 Å². The van der Waals surface area contributed by atoms with Gasteiger partial charge in [-0.25, -0.2) is 4.79 Å². The summed E-state index contributed by atoms with van der Waals surface area (Å²) in [7, 11) is 0. The number of ether oxygens (including phenoxy) is 1. The van der Waals surface area contributed by atoms with Gasteiger partial charge < -0.3 is 19.8 Å². The van der Waals surface area contributed by atoms with Gasteiger partial charge in [-0.2, -0.15) is 0 Å². The van der Waals surface area contributed by atoms with Gasteiger partial charge in [-0.3, -0.25) is 4.79 Å². The highest BCUT2D eigenvalue weighted by Crippen LogP contribution is 2.19. The molecule has 108 valence electrons. The van der Waals surface area contributed by atoms with Gasteiger partial charge in [-0.15, -0.1) is 0 Å². The normalized spacial score (nSPS) is 21.8. The Morgan fingerprint density at radius 1 is 1.30 bits per heavy atom. The second-order valence-corrected chi connectivity index (χ2v) is 4.70. The van der Waals surface area contributed by atoms with Gasteiger partial charge in [0.05, 0.1) is 19.1 Å². The third kappa shape index (κ3) is 3.48. The number of carboxylic acid groups (broad SMARTS) is 1. The Balaban J connectivity index is 1.84. The first-order valence-electron chi connectivity index (χ1n) is 6.46. The van der Waals surface area contributed by atoms with Crippen LogP contribution in [-0.4, -0.2) is 52.3 Å². The first kappa shape index (κ1) is 14.3. The molecule has 20 heavy (non-hydrogen) atoms. The van der Waals surface area contributed by atoms with E-state index >= 15 is 0 Å². The maximum absolute atomic E-state index is 12.0. The Hall–Kier alpha value is -2.08. The van der Waals surface area contributed by atoms with E-state index in [1.807, 2.05) is 18.2 Å². The molecule has 2 atom stereocenters. The van der Waals surface area contributed by atoms with Crippen molar-refractivity contribution in [2.45, 2.75) is 25.0 Å². The summed E-state index contributed by atoms with van der Waals surface area (Å²) in [6.45, 7) is 0.253. The maximum Gasteiger partial charge on any atom is 0.326 e. The van der Waals surface area contributed by atoms with E-state index < -0.39 is 18.1 Å². The predicted octanol–water partition coefficient (Wildman–Crippen LogP) is 0.502. The van der Waals surface area contributed by atoms with Crippen molar-refractivity contribution in [1.82, 2.24) is 4.90 Å². The zero-order chi connectivity index (χ0) is 14.5. The van der Waals surface area contributed by atoms with E-state index in [0.717, 1.165) is 0 Å². The molecular formula is C14H17NO5. The largest absolute Gasteiger partial charge is 0.493 e. The molecular weight excluding hydrogens is 262 g/mol. The smallest absolute Gasteiger partial charge is 0.326 e. The SMILES string of the molecule is O=C(O)C1CC(O)CN1C(=O)CCOc1ccccc1. The monoisotopic (exact) mass is 279 g/mol. The molecule has 0 radical (unpaired) electrons. The molecule has 1 amide bonds. The van der Waals surface area contributed by atoms with Gasteiger partial charge in [0.1, 0.15) is 11.8 Å². The minimum absolute atomic E-state index is 0.0706. The molecule has 0 aromatic heterocycles. The topological polar surface area (TPSA) is 87.1 Å². The summed E-state index contributed by atoms with van der Waals surface area (Å²) in [5, 5.41) is 18.5. The molecule has 0 saturated carbocycles. The number of benzene rings is 1. The van der Waals surface area contributed by atoms with Gasteiger partial charge in [0.15, 0.2) is 0 Å². The maximum atomic E-state index is 12.0. The lowest BCUT2D eigenvalue weighted by Crippen LogP contribution is -2.41. The van der Waals surface area contributed by atoms with Crippen LogP contribution >= 0.6 is 0 Å². The Bertz CT molecular complexity index is 476. The van der Waals surface area contributed by atoms with Gasteiger partial charge in [0, 0.05) is 13.0 Å². The fraction of sp³-hybridized carbons (Fsp3) is 0.429. The molecule has 1 aromatic carbocycles. The number of para-hydroxylation sites is 1. The molecule has 1 aromatic rings. The van der Waals surface area contributed by atoms with Crippen molar-refractivity contribution in [3.8, 4) is 5.75 Å². The summed E-state index contributed by atoms with van der Waals surface area (Å²) in [5.41, 5.74) is 0. The standard InChI is InChI=1S/C14H17NO5/c16-10-8-12(14(18)19)15(9-10)13(17)6-7-20-11-4-2-1-3-5-11/h1-5,10,12,16H,6-9H2,(H,18,19). The number of amides is 1. The first-order chi connectivity index (χ1) is 9.58. The number of carbonyl (C=O) groups excluding carboxylic acids is 1. The second-order valence-electron chi connectivity index (χ2n) is 4.70. The number of hydrogen-bond acceptors (Lipinski definition) is 4. The predicted molar refractivity (Wildman–Crippen MR) is 70.3 cm³/mol. The van der Waals surface area contributed by atoms with E-state index in [-0.39, 0.29) is 31.9 Å². The molecule has 6 heteroatoms. The lowest BCUT2D eigenvalue weighted by molar-refractivity contribution is -0.148. The number of β-amino-alcohol motifs (C(OH)–C–C–N with tert-alkyl or cyclic N) is 1. The summed E-state index contributed by atoms with van der Waals surface area (Å²) in [4.78, 5) is 24.2. The molecule has 1 fully saturated rings. The lowest BCUT2D eigenvalue weighted by atomic mass is 10.2. The highest BCUT2D eigenvalue weighted by atomic mass is 16.5. The Morgan fingerprint density at radius 3 is 2.65 bits per heavy atom. The molecule has 1 heterocycles. The van der Waals surface area contributed by atoms with Crippen molar-refractivity contribution >= 4 is 11.9 Å². The van der Waals surface area contributed by atoms with E-state index in [9.17, 15) is 14.7 Å². The Labute approximate surface area is 116 Å². The van der Waals surface area contributed by atoms with Crippen molar-refractivity contribution in [1.29, 1.82) is 0 Å². The Morgan fingerprint density at radius 2 is 2.00 bits per heavy atom. The number of aliphatic hydroxyl groups excluding tert-OH is 1. The van der Waals surface area contributed by atoms with Crippen molar-refractivity contribution in [3.05, 3.63) is 30.3 Å². The van der Waals surface area contributed by atoms with Crippen LogP contribution in [0.15, 0.2) is 30.3 Å². The van der Waals surface area contributed by atoms with E-state index in [2.05, 4.69) is 0 Å². The summed E-state index contributed by atoms with van der Waals surface area (Å²) >= 11 is 0. The van der Waals surface area contributed by atoms with Crippen LogP contribution in [0.2, 0.25) is 0 Å². The number of likely N-dealkylation sites (tertiary alicyclic amines) is 1. The number of aliphatic hydroxyl groups is 1. The van der Waals surface area contributed by atoms with Gasteiger partial charge in [0.2, 0.25) is 5.91 Å². The van der Waals surface area contributed by atoms with Gasteiger partial charge in [0.25, 0.3) is 0 Å². The fourth-order valence-corrected chi connectivity index (χ4v) is 2.24. The first-order valence-corrected chi connectivity index (χ1v) is 6.46. The molecule has 6 nitrogen and oxygen atoms in total. The molecule has 2 rings (SSSR count). The van der Waals surface area contributed by atoms with Gasteiger partial charge >= 0.3 is 5.97 Å². The van der Waals surface area contributed by atoms with Crippen LogP contribution in [-0.2, 0) is 9.59 Å². The van der Waals surface area contributed by atoms with Crippen LogP contribution in [0, 0.1) is 0 Å². The molecule has 2 unspecified atom stereocenters. The Kier molecular flexibility index (Phi) is 4.57. The van der Waals surface area contributed by atoms with E-state index in [1.165, 1.54) is 4.90 Å². The van der Waals surface area contributed by atoms with E-state index in [4.69, 9.17) is 9.84 Å². The van der Waals surface area contributed by atoms with Gasteiger partial charge in [-0.05, 0) is 12.1 Å². The average Bonchev–Trinajstić information content (AvgIpc) is 2.82. The zero-order valence-electron chi connectivity index (χ0n) is 10.9. The summed E-state index contributed by atoms with van der Waals surface area (Å²) < 4.78 is 5.40. The van der Waals surface area contributed by atoms with Crippen molar-refractivity contribution < 1.29 is 24.5 Å².